The number of ether oxygens (including phenoxy) is 1. The lowest BCUT2D eigenvalue weighted by molar-refractivity contribution is -0.122. The van der Waals surface area contributed by atoms with Crippen molar-refractivity contribution < 1.29 is 14.3 Å². The van der Waals surface area contributed by atoms with Crippen LogP contribution in [-0.2, 0) is 9.59 Å². The van der Waals surface area contributed by atoms with E-state index in [1.165, 1.54) is 4.90 Å². The zero-order valence-corrected chi connectivity index (χ0v) is 18.4. The fourth-order valence-electron chi connectivity index (χ4n) is 3.92. The minimum absolute atomic E-state index is 0.288. The van der Waals surface area contributed by atoms with Gasteiger partial charge in [-0.2, -0.15) is 5.26 Å². The van der Waals surface area contributed by atoms with Crippen molar-refractivity contribution in [2.75, 3.05) is 11.5 Å². The molecule has 2 N–H and O–H groups in total. The number of hydrogen-bond donors (Lipinski definition) is 1. The summed E-state index contributed by atoms with van der Waals surface area (Å²) in [5.41, 5.74) is 7.75. The minimum atomic E-state index is -0.703. The molecule has 0 spiro atoms. The molecule has 2 amide bonds. The largest absolute Gasteiger partial charge is 0.494 e. The molecule has 0 radical (unpaired) electrons. The van der Waals surface area contributed by atoms with E-state index in [4.69, 9.17) is 10.5 Å². The number of nitriles is 1. The van der Waals surface area contributed by atoms with Crippen molar-refractivity contribution in [2.24, 2.45) is 11.7 Å². The lowest BCUT2D eigenvalue weighted by Gasteiger charge is -2.30. The van der Waals surface area contributed by atoms with Gasteiger partial charge in [0, 0.05) is 10.4 Å². The van der Waals surface area contributed by atoms with Crippen LogP contribution in [0.4, 0.5) is 5.69 Å². The number of rotatable bonds is 4. The van der Waals surface area contributed by atoms with Gasteiger partial charge in [-0.05, 0) is 48.9 Å². The van der Waals surface area contributed by atoms with Crippen molar-refractivity contribution in [1.82, 2.24) is 0 Å². The van der Waals surface area contributed by atoms with E-state index in [1.807, 2.05) is 19.1 Å². The van der Waals surface area contributed by atoms with Gasteiger partial charge in [0.05, 0.1) is 34.9 Å². The molecular formula is C22H18BrN3O3S. The molecule has 4 rings (SSSR count). The van der Waals surface area contributed by atoms with E-state index < -0.39 is 17.1 Å². The Bertz CT molecular complexity index is 1080. The topological polar surface area (TPSA) is 96.4 Å². The van der Waals surface area contributed by atoms with Gasteiger partial charge in [0.1, 0.15) is 11.0 Å². The molecule has 3 unspecified atom stereocenters. The van der Waals surface area contributed by atoms with Gasteiger partial charge in [-0.15, -0.1) is 0 Å². The molecule has 0 aromatic heterocycles. The third-order valence-electron chi connectivity index (χ3n) is 5.24. The van der Waals surface area contributed by atoms with Gasteiger partial charge in [-0.25, -0.2) is 4.90 Å². The second-order valence-electron chi connectivity index (χ2n) is 6.92. The zero-order valence-electron chi connectivity index (χ0n) is 16.0. The molecule has 2 heterocycles. The molecule has 2 aliphatic rings. The Morgan fingerprint density at radius 1 is 1.13 bits per heavy atom. The third-order valence-corrected chi connectivity index (χ3v) is 6.99. The second kappa shape index (κ2) is 8.17. The van der Waals surface area contributed by atoms with E-state index in [0.717, 1.165) is 21.8 Å². The predicted octanol–water partition coefficient (Wildman–Crippen LogP) is 3.93. The highest BCUT2D eigenvalue weighted by Crippen LogP contribution is 2.50. The first-order valence-corrected chi connectivity index (χ1v) is 11.1. The number of amides is 2. The van der Waals surface area contributed by atoms with Gasteiger partial charge in [-0.1, -0.05) is 39.8 Å². The first-order valence-electron chi connectivity index (χ1n) is 9.38. The average molecular weight is 484 g/mol. The number of carbonyl (C=O) groups excluding carboxylic acids is 2. The summed E-state index contributed by atoms with van der Waals surface area (Å²) >= 11 is 4.47. The first-order chi connectivity index (χ1) is 14.5. The van der Waals surface area contributed by atoms with Crippen LogP contribution in [0.2, 0.25) is 0 Å². The number of hydrogen-bond acceptors (Lipinski definition) is 6. The van der Waals surface area contributed by atoms with Crippen LogP contribution < -0.4 is 15.4 Å². The van der Waals surface area contributed by atoms with Crippen molar-refractivity contribution >= 4 is 45.2 Å². The van der Waals surface area contributed by atoms with Gasteiger partial charge in [0.15, 0.2) is 0 Å². The van der Waals surface area contributed by atoms with Crippen molar-refractivity contribution in [3.05, 3.63) is 69.2 Å². The fraction of sp³-hybridized carbons (Fsp3) is 0.227. The number of thioether (sulfide) groups is 1. The number of imide groups is 1. The Balaban J connectivity index is 1.77. The Kier molecular flexibility index (Phi) is 5.58. The number of nitrogens with two attached hydrogens (primary N) is 1. The molecule has 30 heavy (non-hydrogen) atoms. The summed E-state index contributed by atoms with van der Waals surface area (Å²) in [4.78, 5) is 27.8. The number of carbonyl (C=O) groups is 2. The molecule has 2 aromatic carbocycles. The molecule has 1 saturated heterocycles. The highest BCUT2D eigenvalue weighted by Gasteiger charge is 2.56. The average Bonchev–Trinajstić information content (AvgIpc) is 2.98. The van der Waals surface area contributed by atoms with Crippen LogP contribution in [-0.4, -0.2) is 23.7 Å². The van der Waals surface area contributed by atoms with E-state index in [2.05, 4.69) is 22.0 Å². The van der Waals surface area contributed by atoms with Gasteiger partial charge < -0.3 is 10.5 Å². The highest BCUT2D eigenvalue weighted by atomic mass is 79.9. The summed E-state index contributed by atoms with van der Waals surface area (Å²) in [5.74, 6) is -1.23. The van der Waals surface area contributed by atoms with Crippen LogP contribution in [0.15, 0.2) is 63.6 Å². The lowest BCUT2D eigenvalue weighted by Crippen LogP contribution is -2.33. The van der Waals surface area contributed by atoms with Crippen LogP contribution in [0.25, 0.3) is 0 Å². The second-order valence-corrected chi connectivity index (χ2v) is 9.02. The fourth-order valence-corrected chi connectivity index (χ4v) is 5.39. The van der Waals surface area contributed by atoms with E-state index in [1.54, 1.807) is 36.4 Å². The zero-order chi connectivity index (χ0) is 21.4. The predicted molar refractivity (Wildman–Crippen MR) is 119 cm³/mol. The van der Waals surface area contributed by atoms with Crippen molar-refractivity contribution in [2.45, 2.75) is 18.1 Å². The standard InChI is InChI=1S/C22H18BrN3O3S/c1-2-29-15-9-3-12(4-10-15)17-16(11-24)20(25)30-19-18(17)21(27)26(22(19)28)14-7-5-13(23)6-8-14/h3-10,17-19H,2,25H2,1H3. The van der Waals surface area contributed by atoms with E-state index in [9.17, 15) is 14.9 Å². The molecule has 0 aliphatic carbocycles. The SMILES string of the molecule is CCOc1ccc(C2C(C#N)=C(N)SC3C(=O)N(c4ccc(Br)cc4)C(=O)C32)cc1. The molecule has 8 heteroatoms. The van der Waals surface area contributed by atoms with Gasteiger partial charge in [0.25, 0.3) is 0 Å². The van der Waals surface area contributed by atoms with Crippen molar-refractivity contribution in [3.8, 4) is 11.8 Å². The maximum absolute atomic E-state index is 13.4. The normalized spacial score (nSPS) is 23.4. The number of halogens is 1. The number of allylic oxidation sites excluding steroid dienone is 1. The van der Waals surface area contributed by atoms with Gasteiger partial charge >= 0.3 is 0 Å². The maximum atomic E-state index is 13.4. The number of benzene rings is 2. The minimum Gasteiger partial charge on any atom is -0.494 e. The Morgan fingerprint density at radius 3 is 2.40 bits per heavy atom. The Morgan fingerprint density at radius 2 is 1.80 bits per heavy atom. The van der Waals surface area contributed by atoms with Gasteiger partial charge in [-0.3, -0.25) is 9.59 Å². The van der Waals surface area contributed by atoms with E-state index in [-0.39, 0.29) is 16.8 Å². The van der Waals surface area contributed by atoms with Crippen LogP contribution in [0.1, 0.15) is 18.4 Å². The van der Waals surface area contributed by atoms with Crippen LogP contribution in [0, 0.1) is 17.2 Å². The smallest absolute Gasteiger partial charge is 0.248 e. The summed E-state index contributed by atoms with van der Waals surface area (Å²) in [6.45, 7) is 2.43. The third kappa shape index (κ3) is 3.38. The maximum Gasteiger partial charge on any atom is 0.248 e. The van der Waals surface area contributed by atoms with Crippen LogP contribution in [0.3, 0.4) is 0 Å². The summed E-state index contributed by atoms with van der Waals surface area (Å²) in [6.07, 6.45) is 0. The molecule has 0 saturated carbocycles. The monoisotopic (exact) mass is 483 g/mol. The lowest BCUT2D eigenvalue weighted by atomic mass is 9.79. The highest BCUT2D eigenvalue weighted by molar-refractivity contribution is 9.10. The Labute approximate surface area is 186 Å². The number of nitrogens with zero attached hydrogens (tertiary/aromatic N) is 2. The van der Waals surface area contributed by atoms with Crippen LogP contribution in [0.5, 0.6) is 5.75 Å². The van der Waals surface area contributed by atoms with Crippen molar-refractivity contribution in [3.63, 3.8) is 0 Å². The van der Waals surface area contributed by atoms with Crippen molar-refractivity contribution in [1.29, 1.82) is 5.26 Å². The molecule has 2 aromatic rings. The number of fused-ring (bicyclic) bond motifs is 1. The molecule has 3 atom stereocenters. The molecule has 1 fully saturated rings. The molecule has 6 nitrogen and oxygen atoms in total. The quantitative estimate of drug-likeness (QED) is 0.661. The summed E-state index contributed by atoms with van der Waals surface area (Å²) in [5, 5.41) is 9.39. The summed E-state index contributed by atoms with van der Waals surface area (Å²) < 4.78 is 6.34. The number of anilines is 1. The molecule has 152 valence electrons. The van der Waals surface area contributed by atoms with E-state index in [0.29, 0.717) is 23.6 Å². The first kappa shape index (κ1) is 20.5. The Hall–Kier alpha value is -2.76. The van der Waals surface area contributed by atoms with Crippen LogP contribution >= 0.6 is 27.7 Å². The van der Waals surface area contributed by atoms with Gasteiger partial charge in [0.2, 0.25) is 11.8 Å². The molecule has 2 aliphatic heterocycles. The van der Waals surface area contributed by atoms with E-state index >= 15 is 0 Å². The molecular weight excluding hydrogens is 466 g/mol. The molecule has 0 bridgehead atoms. The summed E-state index contributed by atoms with van der Waals surface area (Å²) in [6, 6.07) is 16.4. The summed E-state index contributed by atoms with van der Waals surface area (Å²) in [7, 11) is 0.